The van der Waals surface area contributed by atoms with E-state index in [0.29, 0.717) is 17.6 Å². The quantitative estimate of drug-likeness (QED) is 0.698. The van der Waals surface area contributed by atoms with Crippen molar-refractivity contribution in [3.63, 3.8) is 0 Å². The third-order valence-electron chi connectivity index (χ3n) is 2.69. The molecule has 0 atom stereocenters. The number of carbonyl (C=O) groups is 2. The van der Waals surface area contributed by atoms with E-state index in [1.165, 1.54) is 0 Å². The van der Waals surface area contributed by atoms with Crippen molar-refractivity contribution in [2.45, 2.75) is 25.8 Å². The van der Waals surface area contributed by atoms with Crippen LogP contribution in [0.25, 0.3) is 0 Å². The van der Waals surface area contributed by atoms with Gasteiger partial charge in [0.25, 0.3) is 5.91 Å². The van der Waals surface area contributed by atoms with Crippen molar-refractivity contribution < 1.29 is 9.59 Å². The summed E-state index contributed by atoms with van der Waals surface area (Å²) in [5, 5.41) is 8.40. The van der Waals surface area contributed by atoms with Crippen LogP contribution in [0.5, 0.6) is 0 Å². The molecule has 0 aromatic carbocycles. The molecule has 1 fully saturated rings. The Hall–Kier alpha value is -2.11. The molecule has 2 amide bonds. The van der Waals surface area contributed by atoms with Gasteiger partial charge in [0.2, 0.25) is 5.91 Å². The van der Waals surface area contributed by atoms with Crippen LogP contribution >= 0.6 is 0 Å². The minimum absolute atomic E-state index is 0.0115. The van der Waals surface area contributed by atoms with E-state index in [0.717, 1.165) is 19.4 Å². The van der Waals surface area contributed by atoms with Gasteiger partial charge in [0.05, 0.1) is 6.54 Å². The van der Waals surface area contributed by atoms with Crippen LogP contribution in [0.15, 0.2) is 18.2 Å². The number of amides is 2. The summed E-state index contributed by atoms with van der Waals surface area (Å²) >= 11 is 0. The maximum Gasteiger partial charge on any atom is 0.270 e. The van der Waals surface area contributed by atoms with E-state index in [1.807, 2.05) is 6.92 Å². The molecule has 0 aliphatic heterocycles. The van der Waals surface area contributed by atoms with Crippen LogP contribution in [0.1, 0.15) is 30.3 Å². The van der Waals surface area contributed by atoms with Crippen LogP contribution in [0.2, 0.25) is 0 Å². The highest BCUT2D eigenvalue weighted by molar-refractivity contribution is 5.95. The fourth-order valence-corrected chi connectivity index (χ4v) is 1.60. The fourth-order valence-electron chi connectivity index (χ4n) is 1.60. The molecule has 1 saturated carbocycles. The summed E-state index contributed by atoms with van der Waals surface area (Å²) in [6.07, 6.45) is 2.07. The number of nitrogens with one attached hydrogen (secondary N) is 3. The topological polar surface area (TPSA) is 83.1 Å². The molecule has 6 nitrogen and oxygen atoms in total. The third kappa shape index (κ3) is 4.24. The van der Waals surface area contributed by atoms with Gasteiger partial charge in [-0.25, -0.2) is 4.98 Å². The minimum atomic E-state index is -0.342. The maximum absolute atomic E-state index is 11.8. The van der Waals surface area contributed by atoms with Crippen LogP contribution in [0, 0.1) is 0 Å². The van der Waals surface area contributed by atoms with E-state index in [4.69, 9.17) is 0 Å². The van der Waals surface area contributed by atoms with Crippen LogP contribution < -0.4 is 16.0 Å². The van der Waals surface area contributed by atoms with E-state index >= 15 is 0 Å². The number of pyridine rings is 1. The predicted molar refractivity (Wildman–Crippen MR) is 71.9 cm³/mol. The first-order valence-electron chi connectivity index (χ1n) is 6.47. The van der Waals surface area contributed by atoms with E-state index < -0.39 is 0 Å². The molecule has 1 heterocycles. The number of carbonyl (C=O) groups excluding carboxylic acids is 2. The van der Waals surface area contributed by atoms with Gasteiger partial charge < -0.3 is 16.0 Å². The van der Waals surface area contributed by atoms with Gasteiger partial charge in [-0.05, 0) is 31.9 Å². The van der Waals surface area contributed by atoms with Crippen LogP contribution in [0.4, 0.5) is 5.82 Å². The number of rotatable bonds is 6. The molecule has 1 aromatic heterocycles. The Morgan fingerprint density at radius 3 is 2.84 bits per heavy atom. The van der Waals surface area contributed by atoms with E-state index in [2.05, 4.69) is 20.9 Å². The standard InChI is InChI=1S/C13H18N4O2/c1-2-14-11-5-3-4-10(17-11)13(19)15-8-12(18)16-9-6-7-9/h3-5,9H,2,6-8H2,1H3,(H,14,17)(H,15,19)(H,16,18). The summed E-state index contributed by atoms with van der Waals surface area (Å²) in [5.74, 6) is 0.155. The molecule has 3 N–H and O–H groups in total. The highest BCUT2D eigenvalue weighted by Gasteiger charge is 2.23. The smallest absolute Gasteiger partial charge is 0.270 e. The first kappa shape index (κ1) is 13.3. The molecule has 102 valence electrons. The summed E-state index contributed by atoms with van der Waals surface area (Å²) in [5.41, 5.74) is 0.303. The zero-order chi connectivity index (χ0) is 13.7. The lowest BCUT2D eigenvalue weighted by Crippen LogP contribution is -2.38. The zero-order valence-corrected chi connectivity index (χ0v) is 10.9. The second kappa shape index (κ2) is 6.17. The van der Waals surface area contributed by atoms with Gasteiger partial charge in [0.1, 0.15) is 11.5 Å². The van der Waals surface area contributed by atoms with Crippen molar-refractivity contribution in [2.24, 2.45) is 0 Å². The molecule has 2 rings (SSSR count). The monoisotopic (exact) mass is 262 g/mol. The molecule has 6 heteroatoms. The van der Waals surface area contributed by atoms with Crippen molar-refractivity contribution >= 4 is 17.6 Å². The Bertz CT molecular complexity index is 471. The van der Waals surface area contributed by atoms with E-state index in [-0.39, 0.29) is 18.4 Å². The average molecular weight is 262 g/mol. The first-order chi connectivity index (χ1) is 9.19. The van der Waals surface area contributed by atoms with Gasteiger partial charge in [0, 0.05) is 12.6 Å². The van der Waals surface area contributed by atoms with Gasteiger partial charge in [-0.2, -0.15) is 0 Å². The second-order valence-corrected chi connectivity index (χ2v) is 4.46. The molecular formula is C13H18N4O2. The molecule has 19 heavy (non-hydrogen) atoms. The summed E-state index contributed by atoms with van der Waals surface area (Å²) < 4.78 is 0. The second-order valence-electron chi connectivity index (χ2n) is 4.46. The van der Waals surface area contributed by atoms with E-state index in [9.17, 15) is 9.59 Å². The molecule has 1 aliphatic carbocycles. The predicted octanol–water partition coefficient (Wildman–Crippen LogP) is 0.522. The largest absolute Gasteiger partial charge is 0.370 e. The van der Waals surface area contributed by atoms with Gasteiger partial charge >= 0.3 is 0 Å². The first-order valence-corrected chi connectivity index (χ1v) is 6.47. The Morgan fingerprint density at radius 1 is 1.37 bits per heavy atom. The van der Waals surface area contributed by atoms with Crippen molar-refractivity contribution in [3.05, 3.63) is 23.9 Å². The SMILES string of the molecule is CCNc1cccc(C(=O)NCC(=O)NC2CC2)n1. The van der Waals surface area contributed by atoms with Gasteiger partial charge in [-0.1, -0.05) is 6.07 Å². The zero-order valence-electron chi connectivity index (χ0n) is 10.9. The third-order valence-corrected chi connectivity index (χ3v) is 2.69. The number of anilines is 1. The average Bonchev–Trinajstić information content (AvgIpc) is 3.20. The van der Waals surface area contributed by atoms with Crippen molar-refractivity contribution in [1.82, 2.24) is 15.6 Å². The Kier molecular flexibility index (Phi) is 4.33. The molecular weight excluding hydrogens is 244 g/mol. The molecule has 0 unspecified atom stereocenters. The lowest BCUT2D eigenvalue weighted by atomic mass is 10.3. The summed E-state index contributed by atoms with van der Waals surface area (Å²) in [4.78, 5) is 27.4. The number of aromatic nitrogens is 1. The Balaban J connectivity index is 1.84. The minimum Gasteiger partial charge on any atom is -0.370 e. The molecule has 1 aliphatic rings. The van der Waals surface area contributed by atoms with Gasteiger partial charge in [0.15, 0.2) is 0 Å². The van der Waals surface area contributed by atoms with Gasteiger partial charge in [-0.3, -0.25) is 9.59 Å². The normalized spacial score (nSPS) is 13.7. The number of nitrogens with zero attached hydrogens (tertiary/aromatic N) is 1. The molecule has 0 bridgehead atoms. The summed E-state index contributed by atoms with van der Waals surface area (Å²) in [6.45, 7) is 2.68. The van der Waals surface area contributed by atoms with Crippen LogP contribution in [-0.4, -0.2) is 35.9 Å². The highest BCUT2D eigenvalue weighted by Crippen LogP contribution is 2.18. The summed E-state index contributed by atoms with van der Waals surface area (Å²) in [7, 11) is 0. The highest BCUT2D eigenvalue weighted by atomic mass is 16.2. The van der Waals surface area contributed by atoms with Crippen molar-refractivity contribution in [1.29, 1.82) is 0 Å². The van der Waals surface area contributed by atoms with Gasteiger partial charge in [-0.15, -0.1) is 0 Å². The lowest BCUT2D eigenvalue weighted by Gasteiger charge is -2.07. The molecule has 0 spiro atoms. The van der Waals surface area contributed by atoms with Crippen LogP contribution in [-0.2, 0) is 4.79 Å². The maximum atomic E-state index is 11.8. The number of hydrogen-bond donors (Lipinski definition) is 3. The van der Waals surface area contributed by atoms with Crippen molar-refractivity contribution in [2.75, 3.05) is 18.4 Å². The number of hydrogen-bond acceptors (Lipinski definition) is 4. The van der Waals surface area contributed by atoms with E-state index in [1.54, 1.807) is 18.2 Å². The Morgan fingerprint density at radius 2 is 2.16 bits per heavy atom. The van der Waals surface area contributed by atoms with Crippen LogP contribution in [0.3, 0.4) is 0 Å². The Labute approximate surface area is 112 Å². The molecule has 1 aromatic rings. The molecule has 0 radical (unpaired) electrons. The molecule has 0 saturated heterocycles. The van der Waals surface area contributed by atoms with Crippen molar-refractivity contribution in [3.8, 4) is 0 Å². The lowest BCUT2D eigenvalue weighted by molar-refractivity contribution is -0.120. The summed E-state index contributed by atoms with van der Waals surface area (Å²) in [6, 6.07) is 5.47. The fraction of sp³-hybridized carbons (Fsp3) is 0.462.